The van der Waals surface area contributed by atoms with E-state index >= 15 is 0 Å². The number of halogens is 1. The fraction of sp³-hybridized carbons (Fsp3) is 0.400. The van der Waals surface area contributed by atoms with Gasteiger partial charge in [-0.2, -0.15) is 0 Å². The molecule has 1 aliphatic rings. The average Bonchev–Trinajstić information content (AvgIpc) is 3.33. The van der Waals surface area contributed by atoms with Crippen molar-refractivity contribution in [3.8, 4) is 0 Å². The number of ether oxygens (including phenoxy) is 2. The number of hydrogen-bond acceptors (Lipinski definition) is 7. The summed E-state index contributed by atoms with van der Waals surface area (Å²) in [6.07, 6.45) is 7.45. The molecule has 1 fully saturated rings. The summed E-state index contributed by atoms with van der Waals surface area (Å²) in [6.45, 7) is 5.31. The molecule has 228 valence electrons. The minimum atomic E-state index is -0.593. The first kappa shape index (κ1) is 32.4. The summed E-state index contributed by atoms with van der Waals surface area (Å²) < 4.78 is 11.5. The highest BCUT2D eigenvalue weighted by molar-refractivity contribution is 9.10. The van der Waals surface area contributed by atoms with E-state index in [1.807, 2.05) is 18.2 Å². The van der Waals surface area contributed by atoms with Crippen LogP contribution in [-0.2, 0) is 20.8 Å². The van der Waals surface area contributed by atoms with Crippen LogP contribution in [0.4, 0.5) is 5.69 Å². The summed E-state index contributed by atoms with van der Waals surface area (Å²) in [7, 11) is 0. The molecule has 4 rings (SSSR count). The molecule has 43 heavy (non-hydrogen) atoms. The van der Waals surface area contributed by atoms with Gasteiger partial charge in [-0.15, -0.1) is 0 Å². The maximum atomic E-state index is 12.9. The summed E-state index contributed by atoms with van der Waals surface area (Å²) in [5, 5.41) is 0. The van der Waals surface area contributed by atoms with E-state index in [-0.39, 0.29) is 19.0 Å². The first-order valence-corrected chi connectivity index (χ1v) is 15.9. The first-order chi connectivity index (χ1) is 20.8. The zero-order chi connectivity index (χ0) is 30.8. The topological polar surface area (TPSA) is 98.9 Å². The van der Waals surface area contributed by atoms with E-state index < -0.39 is 17.9 Å². The molecule has 0 radical (unpaired) electrons. The molecule has 0 saturated heterocycles. The molecule has 3 aromatic carbocycles. The number of benzene rings is 3. The van der Waals surface area contributed by atoms with Gasteiger partial charge in [0.1, 0.15) is 13.2 Å². The van der Waals surface area contributed by atoms with Crippen LogP contribution in [0.5, 0.6) is 0 Å². The van der Waals surface area contributed by atoms with Crippen molar-refractivity contribution in [3.63, 3.8) is 0 Å². The highest BCUT2D eigenvalue weighted by Crippen LogP contribution is 2.30. The van der Waals surface area contributed by atoms with Gasteiger partial charge in [0.25, 0.3) is 0 Å². The van der Waals surface area contributed by atoms with Gasteiger partial charge < -0.3 is 15.2 Å². The third kappa shape index (κ3) is 8.77. The molecule has 0 aromatic heterocycles. The number of esters is 2. The Morgan fingerprint density at radius 1 is 0.884 bits per heavy atom. The maximum Gasteiger partial charge on any atom is 0.338 e. The molecule has 0 bridgehead atoms. The van der Waals surface area contributed by atoms with Crippen LogP contribution in [0.3, 0.4) is 0 Å². The molecule has 0 amide bonds. The third-order valence-corrected chi connectivity index (χ3v) is 8.83. The summed E-state index contributed by atoms with van der Waals surface area (Å²) in [5.41, 5.74) is 10.1. The van der Waals surface area contributed by atoms with Crippen LogP contribution < -0.4 is 5.73 Å². The second-order valence-corrected chi connectivity index (χ2v) is 11.9. The van der Waals surface area contributed by atoms with Crippen molar-refractivity contribution in [2.24, 2.45) is 0 Å². The highest BCUT2D eigenvalue weighted by Gasteiger charge is 2.22. The second-order valence-electron chi connectivity index (χ2n) is 11.1. The number of nitrogens with two attached hydrogens (primary N) is 1. The molecule has 0 spiro atoms. The van der Waals surface area contributed by atoms with Crippen molar-refractivity contribution in [1.82, 2.24) is 4.90 Å². The van der Waals surface area contributed by atoms with Gasteiger partial charge in [0.15, 0.2) is 5.78 Å². The highest BCUT2D eigenvalue weighted by atomic mass is 79.9. The van der Waals surface area contributed by atoms with Crippen LogP contribution >= 0.6 is 15.9 Å². The molecule has 7 nitrogen and oxygen atoms in total. The van der Waals surface area contributed by atoms with Gasteiger partial charge in [-0.1, -0.05) is 81.1 Å². The second kappa shape index (κ2) is 15.8. The summed E-state index contributed by atoms with van der Waals surface area (Å²) >= 11 is 3.51. The minimum absolute atomic E-state index is 0.0775. The van der Waals surface area contributed by atoms with E-state index in [2.05, 4.69) is 27.8 Å². The lowest BCUT2D eigenvalue weighted by atomic mass is 9.96. The SMILES string of the molecule is CCN(Cc1cc(C(=O)OCCOC(=O)C(C)c2cccc(C(=O)c3ccccc3)c2)cc(Br)c1N)C1CCCCCC1. The Hall–Kier alpha value is -3.49. The van der Waals surface area contributed by atoms with Crippen molar-refractivity contribution in [1.29, 1.82) is 0 Å². The number of carbonyl (C=O) groups is 3. The Kier molecular flexibility index (Phi) is 11.9. The number of rotatable bonds is 12. The molecule has 1 aliphatic carbocycles. The Balaban J connectivity index is 1.31. The Labute approximate surface area is 262 Å². The van der Waals surface area contributed by atoms with Gasteiger partial charge in [0, 0.05) is 28.2 Å². The molecular weight excluding hydrogens is 608 g/mol. The maximum absolute atomic E-state index is 12.9. The number of carbonyl (C=O) groups excluding carboxylic acids is 3. The molecular formula is C35H41BrN2O5. The number of nitrogen functional groups attached to an aromatic ring is 1. The zero-order valence-electron chi connectivity index (χ0n) is 25.0. The predicted octanol–water partition coefficient (Wildman–Crippen LogP) is 7.31. The van der Waals surface area contributed by atoms with Gasteiger partial charge in [0.05, 0.1) is 17.2 Å². The normalized spacial score (nSPS) is 14.6. The summed E-state index contributed by atoms with van der Waals surface area (Å²) in [6, 6.07) is 20.0. The van der Waals surface area contributed by atoms with Crippen molar-refractivity contribution in [2.45, 2.75) is 70.9 Å². The Morgan fingerprint density at radius 3 is 2.26 bits per heavy atom. The molecule has 3 aromatic rings. The lowest BCUT2D eigenvalue weighted by Crippen LogP contribution is -2.34. The fourth-order valence-corrected chi connectivity index (χ4v) is 6.09. The van der Waals surface area contributed by atoms with Crippen molar-refractivity contribution in [3.05, 3.63) is 99.0 Å². The molecule has 2 N–H and O–H groups in total. The van der Waals surface area contributed by atoms with Crippen LogP contribution in [0, 0.1) is 0 Å². The Morgan fingerprint density at radius 2 is 1.56 bits per heavy atom. The van der Waals surface area contributed by atoms with E-state index in [0.29, 0.717) is 45.0 Å². The summed E-state index contributed by atoms with van der Waals surface area (Å²) in [4.78, 5) is 40.9. The van der Waals surface area contributed by atoms with Crippen LogP contribution in [0.25, 0.3) is 0 Å². The lowest BCUT2D eigenvalue weighted by Gasteiger charge is -2.30. The minimum Gasteiger partial charge on any atom is -0.462 e. The molecule has 1 saturated carbocycles. The van der Waals surface area contributed by atoms with Gasteiger partial charge in [-0.05, 0) is 71.6 Å². The Bertz CT molecular complexity index is 1400. The summed E-state index contributed by atoms with van der Waals surface area (Å²) in [5.74, 6) is -1.67. The quantitative estimate of drug-likeness (QED) is 0.0722. The predicted molar refractivity (Wildman–Crippen MR) is 172 cm³/mol. The van der Waals surface area contributed by atoms with Crippen LogP contribution in [-0.4, -0.2) is 48.4 Å². The third-order valence-electron chi connectivity index (χ3n) is 8.17. The van der Waals surface area contributed by atoms with Crippen LogP contribution in [0.2, 0.25) is 0 Å². The standard InChI is InChI=1S/C35H41BrN2O5/c1-3-38(30-16-9-4-5-10-17-30)23-29-21-28(22-31(36)32(29)37)35(41)43-19-18-42-34(40)24(2)26-14-11-15-27(20-26)33(39)25-12-7-6-8-13-25/h6-8,11-15,20-22,24,30H,3-5,9-10,16-19,23,37H2,1-2H3. The largest absolute Gasteiger partial charge is 0.462 e. The van der Waals surface area contributed by atoms with E-state index in [1.54, 1.807) is 55.5 Å². The monoisotopic (exact) mass is 648 g/mol. The molecule has 8 heteroatoms. The van der Waals surface area contributed by atoms with Crippen molar-refractivity contribution in [2.75, 3.05) is 25.5 Å². The van der Waals surface area contributed by atoms with Crippen molar-refractivity contribution >= 4 is 39.3 Å². The first-order valence-electron chi connectivity index (χ1n) is 15.1. The number of hydrogen-bond donors (Lipinski definition) is 1. The molecule has 0 aliphatic heterocycles. The fourth-order valence-electron chi connectivity index (χ4n) is 5.59. The van der Waals surface area contributed by atoms with E-state index in [4.69, 9.17) is 15.2 Å². The van der Waals surface area contributed by atoms with Gasteiger partial charge in [-0.25, -0.2) is 4.79 Å². The number of ketones is 1. The van der Waals surface area contributed by atoms with E-state index in [9.17, 15) is 14.4 Å². The lowest BCUT2D eigenvalue weighted by molar-refractivity contribution is -0.146. The number of anilines is 1. The molecule has 0 heterocycles. The van der Waals surface area contributed by atoms with Gasteiger partial charge in [-0.3, -0.25) is 14.5 Å². The van der Waals surface area contributed by atoms with Crippen LogP contribution in [0.15, 0.2) is 71.2 Å². The molecule has 1 unspecified atom stereocenters. The van der Waals surface area contributed by atoms with Gasteiger partial charge >= 0.3 is 11.9 Å². The average molecular weight is 650 g/mol. The van der Waals surface area contributed by atoms with Crippen molar-refractivity contribution < 1.29 is 23.9 Å². The number of nitrogens with zero attached hydrogens (tertiary/aromatic N) is 1. The van der Waals surface area contributed by atoms with E-state index in [0.717, 1.165) is 12.1 Å². The van der Waals surface area contributed by atoms with Crippen LogP contribution in [0.1, 0.15) is 95.7 Å². The zero-order valence-corrected chi connectivity index (χ0v) is 26.6. The van der Waals surface area contributed by atoms with Gasteiger partial charge in [0.2, 0.25) is 0 Å². The van der Waals surface area contributed by atoms with E-state index in [1.165, 1.54) is 38.5 Å². The molecule has 1 atom stereocenters. The smallest absolute Gasteiger partial charge is 0.338 e.